The first-order valence-electron chi connectivity index (χ1n) is 6.54. The lowest BCUT2D eigenvalue weighted by atomic mass is 10.1. The van der Waals surface area contributed by atoms with Crippen LogP contribution in [0.15, 0.2) is 54.9 Å². The van der Waals surface area contributed by atoms with Gasteiger partial charge >= 0.3 is 0 Å². The molecule has 0 bridgehead atoms. The maximum Gasteiger partial charge on any atom is 0.122 e. The number of rotatable bonds is 4. The molecule has 0 radical (unpaired) electrons. The fraction of sp³-hybridized carbons (Fsp3) is 0.188. The van der Waals surface area contributed by atoms with Gasteiger partial charge in [-0.1, -0.05) is 31.2 Å². The lowest BCUT2D eigenvalue weighted by molar-refractivity contribution is 0.318. The molecule has 1 aromatic heterocycles. The van der Waals surface area contributed by atoms with Crippen molar-refractivity contribution in [1.82, 2.24) is 9.78 Å². The number of aromatic nitrogens is 2. The van der Waals surface area contributed by atoms with E-state index >= 15 is 0 Å². The monoisotopic (exact) mass is 252 g/mol. The zero-order valence-electron chi connectivity index (χ0n) is 10.9. The Labute approximate surface area is 112 Å². The highest BCUT2D eigenvalue weighted by atomic mass is 16.5. The van der Waals surface area contributed by atoms with E-state index in [0.29, 0.717) is 0 Å². The van der Waals surface area contributed by atoms with Crippen molar-refractivity contribution in [2.24, 2.45) is 0 Å². The molecule has 0 saturated heterocycles. The Hall–Kier alpha value is -2.29. The standard InChI is InChI=1S/C16H16N2O/c1-2-10-19-14-11-13-6-3-4-7-15(13)16(12-14)18-9-5-8-17-18/h3-9,11-12H,2,10H2,1H3. The minimum atomic E-state index is 0.733. The summed E-state index contributed by atoms with van der Waals surface area (Å²) in [6.45, 7) is 2.84. The molecule has 19 heavy (non-hydrogen) atoms. The second kappa shape index (κ2) is 5.14. The first-order chi connectivity index (χ1) is 9.38. The third kappa shape index (κ3) is 2.32. The molecule has 0 aliphatic carbocycles. The topological polar surface area (TPSA) is 27.1 Å². The second-order valence-corrected chi connectivity index (χ2v) is 4.46. The maximum absolute atomic E-state index is 5.76. The minimum absolute atomic E-state index is 0.733. The van der Waals surface area contributed by atoms with E-state index in [9.17, 15) is 0 Å². The fourth-order valence-corrected chi connectivity index (χ4v) is 2.17. The average Bonchev–Trinajstić information content (AvgIpc) is 2.98. The second-order valence-electron chi connectivity index (χ2n) is 4.46. The van der Waals surface area contributed by atoms with Gasteiger partial charge in [0.2, 0.25) is 0 Å². The molecule has 2 aromatic carbocycles. The number of hydrogen-bond acceptors (Lipinski definition) is 2. The molecular formula is C16H16N2O. The Kier molecular flexibility index (Phi) is 3.19. The summed E-state index contributed by atoms with van der Waals surface area (Å²) in [5.74, 6) is 0.894. The molecule has 0 aliphatic rings. The predicted molar refractivity (Wildman–Crippen MR) is 76.9 cm³/mol. The summed E-state index contributed by atoms with van der Waals surface area (Å²) in [5.41, 5.74) is 1.05. The molecule has 3 aromatic rings. The Morgan fingerprint density at radius 1 is 1.16 bits per heavy atom. The van der Waals surface area contributed by atoms with Crippen LogP contribution in [0.3, 0.4) is 0 Å². The summed E-state index contributed by atoms with van der Waals surface area (Å²) in [7, 11) is 0. The molecular weight excluding hydrogens is 236 g/mol. The van der Waals surface area contributed by atoms with Crippen molar-refractivity contribution < 1.29 is 4.74 Å². The lowest BCUT2D eigenvalue weighted by Gasteiger charge is -2.11. The zero-order chi connectivity index (χ0) is 13.1. The highest BCUT2D eigenvalue weighted by Crippen LogP contribution is 2.27. The largest absolute Gasteiger partial charge is 0.494 e. The Balaban J connectivity index is 2.17. The van der Waals surface area contributed by atoms with Gasteiger partial charge < -0.3 is 4.74 Å². The summed E-state index contributed by atoms with van der Waals surface area (Å²) in [6.07, 6.45) is 4.74. The average molecular weight is 252 g/mol. The van der Waals surface area contributed by atoms with E-state index in [1.807, 2.05) is 35.1 Å². The molecule has 96 valence electrons. The molecule has 3 rings (SSSR count). The van der Waals surface area contributed by atoms with Crippen LogP contribution in [-0.4, -0.2) is 16.4 Å². The molecule has 0 unspecified atom stereocenters. The van der Waals surface area contributed by atoms with E-state index in [1.54, 1.807) is 6.20 Å². The van der Waals surface area contributed by atoms with Crippen LogP contribution in [0.2, 0.25) is 0 Å². The van der Waals surface area contributed by atoms with E-state index in [-0.39, 0.29) is 0 Å². The highest BCUT2D eigenvalue weighted by molar-refractivity contribution is 5.91. The van der Waals surface area contributed by atoms with Crippen molar-refractivity contribution in [2.45, 2.75) is 13.3 Å². The van der Waals surface area contributed by atoms with Crippen molar-refractivity contribution in [1.29, 1.82) is 0 Å². The van der Waals surface area contributed by atoms with Crippen LogP contribution < -0.4 is 4.74 Å². The molecule has 0 fully saturated rings. The Morgan fingerprint density at radius 3 is 2.84 bits per heavy atom. The summed E-state index contributed by atoms with van der Waals surface area (Å²) >= 11 is 0. The van der Waals surface area contributed by atoms with Crippen molar-refractivity contribution in [3.8, 4) is 11.4 Å². The Bertz CT molecular complexity index is 674. The number of hydrogen-bond donors (Lipinski definition) is 0. The number of ether oxygens (including phenoxy) is 1. The summed E-state index contributed by atoms with van der Waals surface area (Å²) in [6, 6.07) is 14.3. The third-order valence-corrected chi connectivity index (χ3v) is 3.04. The van der Waals surface area contributed by atoms with Gasteiger partial charge in [-0.15, -0.1) is 0 Å². The van der Waals surface area contributed by atoms with Gasteiger partial charge in [-0.3, -0.25) is 0 Å². The van der Waals surface area contributed by atoms with Gasteiger partial charge in [-0.05, 0) is 23.9 Å². The highest BCUT2D eigenvalue weighted by Gasteiger charge is 2.06. The molecule has 3 nitrogen and oxygen atoms in total. The molecule has 0 spiro atoms. The number of nitrogens with zero attached hydrogens (tertiary/aromatic N) is 2. The van der Waals surface area contributed by atoms with Gasteiger partial charge in [-0.2, -0.15) is 5.10 Å². The summed E-state index contributed by atoms with van der Waals surface area (Å²) in [5, 5.41) is 6.66. The first kappa shape index (κ1) is 11.8. The molecule has 1 heterocycles. The van der Waals surface area contributed by atoms with Crippen LogP contribution in [0.25, 0.3) is 16.5 Å². The minimum Gasteiger partial charge on any atom is -0.494 e. The van der Waals surface area contributed by atoms with Crippen molar-refractivity contribution in [2.75, 3.05) is 6.61 Å². The van der Waals surface area contributed by atoms with Crippen molar-refractivity contribution in [3.63, 3.8) is 0 Å². The van der Waals surface area contributed by atoms with Crippen LogP contribution in [0, 0.1) is 0 Å². The molecule has 0 saturated carbocycles. The van der Waals surface area contributed by atoms with Gasteiger partial charge in [0.1, 0.15) is 5.75 Å². The van der Waals surface area contributed by atoms with Crippen molar-refractivity contribution >= 4 is 10.8 Å². The van der Waals surface area contributed by atoms with Gasteiger partial charge in [-0.25, -0.2) is 4.68 Å². The quantitative estimate of drug-likeness (QED) is 0.706. The summed E-state index contributed by atoms with van der Waals surface area (Å²) < 4.78 is 7.64. The first-order valence-corrected chi connectivity index (χ1v) is 6.54. The molecule has 0 N–H and O–H groups in total. The van der Waals surface area contributed by atoms with E-state index in [0.717, 1.165) is 24.5 Å². The van der Waals surface area contributed by atoms with Gasteiger partial charge in [0.25, 0.3) is 0 Å². The molecule has 0 aliphatic heterocycles. The van der Waals surface area contributed by atoms with Crippen LogP contribution >= 0.6 is 0 Å². The van der Waals surface area contributed by atoms with Crippen LogP contribution in [0.1, 0.15) is 13.3 Å². The molecule has 0 amide bonds. The molecule has 3 heteroatoms. The van der Waals surface area contributed by atoms with Gasteiger partial charge in [0.15, 0.2) is 0 Å². The summed E-state index contributed by atoms with van der Waals surface area (Å²) in [4.78, 5) is 0. The molecule has 0 atom stereocenters. The van der Waals surface area contributed by atoms with E-state index in [2.05, 4.69) is 30.2 Å². The maximum atomic E-state index is 5.76. The van der Waals surface area contributed by atoms with Gasteiger partial charge in [0.05, 0.1) is 12.3 Å². The van der Waals surface area contributed by atoms with Crippen LogP contribution in [-0.2, 0) is 0 Å². The Morgan fingerprint density at radius 2 is 2.05 bits per heavy atom. The predicted octanol–water partition coefficient (Wildman–Crippen LogP) is 3.81. The van der Waals surface area contributed by atoms with Crippen LogP contribution in [0.5, 0.6) is 5.75 Å². The smallest absolute Gasteiger partial charge is 0.122 e. The van der Waals surface area contributed by atoms with Gasteiger partial charge in [0, 0.05) is 23.8 Å². The number of fused-ring (bicyclic) bond motifs is 1. The zero-order valence-corrected chi connectivity index (χ0v) is 10.9. The van der Waals surface area contributed by atoms with Crippen LogP contribution in [0.4, 0.5) is 0 Å². The third-order valence-electron chi connectivity index (χ3n) is 3.04. The van der Waals surface area contributed by atoms with E-state index < -0.39 is 0 Å². The lowest BCUT2D eigenvalue weighted by Crippen LogP contribution is -1.99. The SMILES string of the molecule is CCCOc1cc(-n2cccn2)c2ccccc2c1. The number of benzene rings is 2. The van der Waals surface area contributed by atoms with E-state index in [4.69, 9.17) is 4.74 Å². The van der Waals surface area contributed by atoms with E-state index in [1.165, 1.54) is 10.8 Å². The normalized spacial score (nSPS) is 10.8. The fourth-order valence-electron chi connectivity index (χ4n) is 2.17. The van der Waals surface area contributed by atoms with Crippen molar-refractivity contribution in [3.05, 3.63) is 54.9 Å².